The van der Waals surface area contributed by atoms with Crippen molar-refractivity contribution in [2.45, 2.75) is 19.8 Å². The first-order valence-electron chi connectivity index (χ1n) is 5.11. The van der Waals surface area contributed by atoms with Gasteiger partial charge in [0, 0.05) is 16.8 Å². The molecule has 82 valence electrons. The number of rotatable bonds is 2. The molecule has 0 bridgehead atoms. The van der Waals surface area contributed by atoms with Crippen LogP contribution in [0.1, 0.15) is 25.3 Å². The van der Waals surface area contributed by atoms with E-state index < -0.39 is 4.44 Å². The average molecular weight is 274 g/mol. The van der Waals surface area contributed by atoms with Gasteiger partial charge in [0.15, 0.2) is 0 Å². The largest absolute Gasteiger partial charge is 0.109 e. The van der Waals surface area contributed by atoms with E-state index in [0.29, 0.717) is 5.92 Å². The SMILES string of the molecule is CC(C)c1cccc(P2(=S)SCCS2)c1. The Labute approximate surface area is 105 Å². The Morgan fingerprint density at radius 3 is 2.53 bits per heavy atom. The maximum atomic E-state index is 5.82. The molecule has 0 N–H and O–H groups in total. The highest BCUT2D eigenvalue weighted by molar-refractivity contribution is 9.03. The molecule has 1 fully saturated rings. The van der Waals surface area contributed by atoms with Crippen molar-refractivity contribution in [3.8, 4) is 0 Å². The third-order valence-corrected chi connectivity index (χ3v) is 13.9. The lowest BCUT2D eigenvalue weighted by Gasteiger charge is -2.15. The fourth-order valence-electron chi connectivity index (χ4n) is 1.56. The maximum absolute atomic E-state index is 5.82. The Morgan fingerprint density at radius 2 is 1.93 bits per heavy atom. The highest BCUT2D eigenvalue weighted by Gasteiger charge is 2.26. The summed E-state index contributed by atoms with van der Waals surface area (Å²) < 4.78 is -1.32. The fraction of sp³-hybridized carbons (Fsp3) is 0.455. The van der Waals surface area contributed by atoms with Crippen LogP contribution >= 0.6 is 27.2 Å². The first kappa shape index (κ1) is 12.0. The molecule has 1 aromatic carbocycles. The molecule has 0 aliphatic carbocycles. The van der Waals surface area contributed by atoms with Crippen molar-refractivity contribution < 1.29 is 0 Å². The third kappa shape index (κ3) is 2.63. The zero-order valence-electron chi connectivity index (χ0n) is 8.97. The van der Waals surface area contributed by atoms with E-state index in [0.717, 1.165) is 0 Å². The lowest BCUT2D eigenvalue weighted by molar-refractivity contribution is 0.868. The van der Waals surface area contributed by atoms with Gasteiger partial charge in [-0.25, -0.2) is 0 Å². The van der Waals surface area contributed by atoms with Gasteiger partial charge in [0.05, 0.1) is 4.44 Å². The Morgan fingerprint density at radius 1 is 1.27 bits per heavy atom. The predicted molar refractivity (Wildman–Crippen MR) is 79.4 cm³/mol. The van der Waals surface area contributed by atoms with Crippen molar-refractivity contribution in [1.82, 2.24) is 0 Å². The number of benzene rings is 1. The third-order valence-electron chi connectivity index (χ3n) is 2.46. The van der Waals surface area contributed by atoms with Crippen LogP contribution in [0.15, 0.2) is 24.3 Å². The Hall–Kier alpha value is 0.570. The minimum atomic E-state index is -1.32. The first-order chi connectivity index (χ1) is 7.12. The van der Waals surface area contributed by atoms with Crippen molar-refractivity contribution >= 4 is 44.3 Å². The molecule has 1 heterocycles. The van der Waals surface area contributed by atoms with E-state index in [9.17, 15) is 0 Å². The summed E-state index contributed by atoms with van der Waals surface area (Å²) in [6, 6.07) is 8.92. The second kappa shape index (κ2) is 4.83. The standard InChI is InChI=1S/C11H15PS3/c1-9(2)10-4-3-5-11(8-10)12(13)14-6-7-15-12/h3-5,8-9H,6-7H2,1-2H3. The van der Waals surface area contributed by atoms with Crippen LogP contribution in [0.3, 0.4) is 0 Å². The van der Waals surface area contributed by atoms with Crippen molar-refractivity contribution in [3.05, 3.63) is 29.8 Å². The molecule has 0 spiro atoms. The van der Waals surface area contributed by atoms with Crippen LogP contribution in [-0.4, -0.2) is 11.5 Å². The highest BCUT2D eigenvalue weighted by Crippen LogP contribution is 2.72. The zero-order valence-corrected chi connectivity index (χ0v) is 12.3. The molecule has 0 atom stereocenters. The van der Waals surface area contributed by atoms with E-state index in [1.807, 2.05) is 22.8 Å². The number of hydrogen-bond acceptors (Lipinski definition) is 3. The second-order valence-electron chi connectivity index (χ2n) is 3.91. The van der Waals surface area contributed by atoms with Crippen LogP contribution in [0.5, 0.6) is 0 Å². The van der Waals surface area contributed by atoms with Crippen molar-refractivity contribution in [1.29, 1.82) is 0 Å². The molecule has 0 radical (unpaired) electrons. The summed E-state index contributed by atoms with van der Waals surface area (Å²) in [6.07, 6.45) is 0. The Kier molecular flexibility index (Phi) is 3.88. The van der Waals surface area contributed by atoms with Crippen molar-refractivity contribution in [2.75, 3.05) is 11.5 Å². The summed E-state index contributed by atoms with van der Waals surface area (Å²) in [5, 5.41) is 1.41. The van der Waals surface area contributed by atoms with Gasteiger partial charge in [-0.1, -0.05) is 43.9 Å². The van der Waals surface area contributed by atoms with Crippen LogP contribution in [0.25, 0.3) is 0 Å². The molecule has 2 rings (SSSR count). The quantitative estimate of drug-likeness (QED) is 0.741. The lowest BCUT2D eigenvalue weighted by atomic mass is 10.0. The molecule has 0 aromatic heterocycles. The van der Waals surface area contributed by atoms with E-state index in [1.165, 1.54) is 22.4 Å². The molecule has 1 aliphatic heterocycles. The van der Waals surface area contributed by atoms with Gasteiger partial charge in [0.2, 0.25) is 0 Å². The minimum Gasteiger partial charge on any atom is -0.109 e. The van der Waals surface area contributed by atoms with Gasteiger partial charge in [0.25, 0.3) is 0 Å². The smallest absolute Gasteiger partial charge is 0.0850 e. The normalized spacial score (nSPS) is 19.7. The summed E-state index contributed by atoms with van der Waals surface area (Å²) in [4.78, 5) is 0. The van der Waals surface area contributed by atoms with E-state index >= 15 is 0 Å². The molecule has 0 amide bonds. The molecule has 4 heteroatoms. The molecule has 0 nitrogen and oxygen atoms in total. The Bertz CT molecular complexity index is 391. The minimum absolute atomic E-state index is 0.601. The van der Waals surface area contributed by atoms with Gasteiger partial charge in [-0.3, -0.25) is 0 Å². The summed E-state index contributed by atoms with van der Waals surface area (Å²) in [6.45, 7) is 4.48. The van der Waals surface area contributed by atoms with Crippen LogP contribution < -0.4 is 5.30 Å². The zero-order chi connectivity index (χ0) is 10.9. The van der Waals surface area contributed by atoms with Gasteiger partial charge < -0.3 is 0 Å². The monoisotopic (exact) mass is 274 g/mol. The molecule has 15 heavy (non-hydrogen) atoms. The Balaban J connectivity index is 2.36. The first-order valence-corrected chi connectivity index (χ1v) is 11.1. The predicted octanol–water partition coefficient (Wildman–Crippen LogP) is 4.22. The molecule has 0 unspecified atom stereocenters. The lowest BCUT2D eigenvalue weighted by Crippen LogP contribution is -2.01. The van der Waals surface area contributed by atoms with Crippen LogP contribution in [0, 0.1) is 0 Å². The summed E-state index contributed by atoms with van der Waals surface area (Å²) in [5.41, 5.74) is 1.42. The molecule has 1 saturated heterocycles. The maximum Gasteiger partial charge on any atom is 0.0850 e. The van der Waals surface area contributed by atoms with E-state index in [2.05, 4.69) is 38.1 Å². The molecule has 1 aromatic rings. The highest BCUT2D eigenvalue weighted by atomic mass is 33.2. The summed E-state index contributed by atoms with van der Waals surface area (Å²) in [7, 11) is 0. The summed E-state index contributed by atoms with van der Waals surface area (Å²) in [5.74, 6) is 3.06. The van der Waals surface area contributed by atoms with Gasteiger partial charge >= 0.3 is 0 Å². The molecular weight excluding hydrogens is 259 g/mol. The summed E-state index contributed by atoms with van der Waals surface area (Å²) >= 11 is 9.83. The van der Waals surface area contributed by atoms with E-state index in [-0.39, 0.29) is 0 Å². The van der Waals surface area contributed by atoms with E-state index in [4.69, 9.17) is 11.8 Å². The van der Waals surface area contributed by atoms with Gasteiger partial charge in [-0.05, 0) is 17.5 Å². The van der Waals surface area contributed by atoms with Crippen LogP contribution in [0.4, 0.5) is 0 Å². The van der Waals surface area contributed by atoms with Gasteiger partial charge in [0.1, 0.15) is 0 Å². The van der Waals surface area contributed by atoms with Gasteiger partial charge in [-0.15, -0.1) is 22.8 Å². The number of hydrogen-bond donors (Lipinski definition) is 0. The second-order valence-corrected chi connectivity index (χ2v) is 15.3. The molecule has 1 aliphatic rings. The van der Waals surface area contributed by atoms with Crippen LogP contribution in [0.2, 0.25) is 0 Å². The molecule has 0 saturated carbocycles. The van der Waals surface area contributed by atoms with Gasteiger partial charge in [-0.2, -0.15) is 0 Å². The molecular formula is C11H15PS3. The van der Waals surface area contributed by atoms with E-state index in [1.54, 1.807) is 0 Å². The van der Waals surface area contributed by atoms with Crippen LogP contribution in [-0.2, 0) is 11.8 Å². The fourth-order valence-corrected chi connectivity index (χ4v) is 11.9. The topological polar surface area (TPSA) is 0 Å². The van der Waals surface area contributed by atoms with Crippen molar-refractivity contribution in [2.24, 2.45) is 0 Å². The van der Waals surface area contributed by atoms with Crippen molar-refractivity contribution in [3.63, 3.8) is 0 Å². The average Bonchev–Trinajstić information content (AvgIpc) is 2.67.